The zero-order valence-corrected chi connectivity index (χ0v) is 9.84. The standard InChI is InChI=1S/C10H18N2OS/c1-8(2)12(4-5-13)6-10-11-9(3)7-14-10/h7-8,13H,4-6H2,1-3H3. The highest BCUT2D eigenvalue weighted by molar-refractivity contribution is 7.09. The van der Waals surface area contributed by atoms with Gasteiger partial charge in [-0.25, -0.2) is 4.98 Å². The van der Waals surface area contributed by atoms with E-state index < -0.39 is 0 Å². The van der Waals surface area contributed by atoms with Crippen molar-refractivity contribution in [1.82, 2.24) is 9.88 Å². The van der Waals surface area contributed by atoms with Crippen LogP contribution in [0.2, 0.25) is 0 Å². The second kappa shape index (κ2) is 5.44. The summed E-state index contributed by atoms with van der Waals surface area (Å²) in [4.78, 5) is 6.63. The summed E-state index contributed by atoms with van der Waals surface area (Å²) < 4.78 is 0. The van der Waals surface area contributed by atoms with Crippen LogP contribution in [0.15, 0.2) is 5.38 Å². The maximum Gasteiger partial charge on any atom is 0.107 e. The molecule has 0 aliphatic carbocycles. The lowest BCUT2D eigenvalue weighted by atomic mass is 10.3. The molecule has 0 spiro atoms. The van der Waals surface area contributed by atoms with Crippen molar-refractivity contribution in [2.75, 3.05) is 13.2 Å². The Morgan fingerprint density at radius 1 is 1.57 bits per heavy atom. The number of nitrogens with zero attached hydrogens (tertiary/aromatic N) is 2. The topological polar surface area (TPSA) is 36.4 Å². The fraction of sp³-hybridized carbons (Fsp3) is 0.700. The molecular formula is C10H18N2OS. The molecule has 0 saturated carbocycles. The van der Waals surface area contributed by atoms with Gasteiger partial charge in [-0.1, -0.05) is 0 Å². The largest absolute Gasteiger partial charge is 0.395 e. The molecule has 4 heteroatoms. The summed E-state index contributed by atoms with van der Waals surface area (Å²) in [6.07, 6.45) is 0. The molecule has 0 aromatic carbocycles. The van der Waals surface area contributed by atoms with E-state index in [4.69, 9.17) is 5.11 Å². The Balaban J connectivity index is 2.55. The predicted octanol–water partition coefficient (Wildman–Crippen LogP) is 1.65. The number of aryl methyl sites for hydroxylation is 1. The summed E-state index contributed by atoms with van der Waals surface area (Å²) in [5, 5.41) is 12.1. The molecule has 0 atom stereocenters. The second-order valence-electron chi connectivity index (χ2n) is 3.67. The average Bonchev–Trinajstić information content (AvgIpc) is 2.50. The quantitative estimate of drug-likeness (QED) is 0.809. The summed E-state index contributed by atoms with van der Waals surface area (Å²) in [6.45, 7) is 8.05. The van der Waals surface area contributed by atoms with Crippen molar-refractivity contribution in [3.8, 4) is 0 Å². The van der Waals surface area contributed by atoms with E-state index in [9.17, 15) is 0 Å². The van der Waals surface area contributed by atoms with Gasteiger partial charge in [0.2, 0.25) is 0 Å². The minimum atomic E-state index is 0.211. The third-order valence-electron chi connectivity index (χ3n) is 2.12. The molecule has 1 N–H and O–H groups in total. The highest BCUT2D eigenvalue weighted by Gasteiger charge is 2.10. The van der Waals surface area contributed by atoms with E-state index in [0.717, 1.165) is 23.8 Å². The van der Waals surface area contributed by atoms with Gasteiger partial charge >= 0.3 is 0 Å². The van der Waals surface area contributed by atoms with Gasteiger partial charge in [-0.15, -0.1) is 11.3 Å². The minimum absolute atomic E-state index is 0.211. The normalized spacial score (nSPS) is 11.6. The molecule has 0 radical (unpaired) electrons. The molecule has 3 nitrogen and oxygen atoms in total. The van der Waals surface area contributed by atoms with Crippen molar-refractivity contribution >= 4 is 11.3 Å². The predicted molar refractivity (Wildman–Crippen MR) is 59.5 cm³/mol. The van der Waals surface area contributed by atoms with E-state index in [0.29, 0.717) is 6.04 Å². The highest BCUT2D eigenvalue weighted by atomic mass is 32.1. The zero-order chi connectivity index (χ0) is 10.6. The van der Waals surface area contributed by atoms with E-state index in [1.165, 1.54) is 0 Å². The van der Waals surface area contributed by atoms with Gasteiger partial charge in [-0.3, -0.25) is 4.90 Å². The Labute approximate surface area is 89.4 Å². The molecule has 0 saturated heterocycles. The lowest BCUT2D eigenvalue weighted by molar-refractivity contribution is 0.159. The first-order valence-electron chi connectivity index (χ1n) is 4.89. The molecule has 0 fully saturated rings. The molecule has 0 unspecified atom stereocenters. The Bertz CT molecular complexity index is 273. The summed E-state index contributed by atoms with van der Waals surface area (Å²) in [6, 6.07) is 0.450. The lowest BCUT2D eigenvalue weighted by Crippen LogP contribution is -2.32. The maximum absolute atomic E-state index is 8.91. The van der Waals surface area contributed by atoms with Crippen LogP contribution in [0.3, 0.4) is 0 Å². The minimum Gasteiger partial charge on any atom is -0.395 e. The third-order valence-corrected chi connectivity index (χ3v) is 3.07. The zero-order valence-electron chi connectivity index (χ0n) is 9.03. The first-order chi connectivity index (χ1) is 6.63. The first-order valence-corrected chi connectivity index (χ1v) is 5.77. The van der Waals surface area contributed by atoms with Crippen LogP contribution in [0.5, 0.6) is 0 Å². The van der Waals surface area contributed by atoms with E-state index >= 15 is 0 Å². The second-order valence-corrected chi connectivity index (χ2v) is 4.61. The first kappa shape index (κ1) is 11.6. The number of rotatable bonds is 5. The van der Waals surface area contributed by atoms with Crippen LogP contribution >= 0.6 is 11.3 Å². The molecule has 0 bridgehead atoms. The summed E-state index contributed by atoms with van der Waals surface area (Å²) in [5.74, 6) is 0. The van der Waals surface area contributed by atoms with Gasteiger partial charge in [-0.2, -0.15) is 0 Å². The fourth-order valence-corrected chi connectivity index (χ4v) is 2.09. The van der Waals surface area contributed by atoms with Gasteiger partial charge < -0.3 is 5.11 Å². The van der Waals surface area contributed by atoms with Crippen LogP contribution < -0.4 is 0 Å². The third kappa shape index (κ3) is 3.36. The molecule has 0 amide bonds. The highest BCUT2D eigenvalue weighted by Crippen LogP contribution is 2.12. The molecule has 1 heterocycles. The molecule has 0 aliphatic heterocycles. The lowest BCUT2D eigenvalue weighted by Gasteiger charge is -2.24. The monoisotopic (exact) mass is 214 g/mol. The van der Waals surface area contributed by atoms with E-state index in [2.05, 4.69) is 29.1 Å². The average molecular weight is 214 g/mol. The van der Waals surface area contributed by atoms with Gasteiger partial charge in [0.05, 0.1) is 13.2 Å². The summed E-state index contributed by atoms with van der Waals surface area (Å²) >= 11 is 1.69. The van der Waals surface area contributed by atoms with Crippen molar-refractivity contribution in [2.45, 2.75) is 33.4 Å². The Morgan fingerprint density at radius 2 is 2.29 bits per heavy atom. The Morgan fingerprint density at radius 3 is 2.71 bits per heavy atom. The van der Waals surface area contributed by atoms with Gasteiger partial charge in [0.25, 0.3) is 0 Å². The van der Waals surface area contributed by atoms with Crippen LogP contribution in [0.1, 0.15) is 24.5 Å². The fourth-order valence-electron chi connectivity index (χ4n) is 1.30. The maximum atomic E-state index is 8.91. The molecule has 1 aromatic heterocycles. The van der Waals surface area contributed by atoms with Crippen molar-refractivity contribution in [3.05, 3.63) is 16.1 Å². The van der Waals surface area contributed by atoms with Crippen molar-refractivity contribution in [1.29, 1.82) is 0 Å². The van der Waals surface area contributed by atoms with Gasteiger partial charge in [0.15, 0.2) is 0 Å². The SMILES string of the molecule is Cc1csc(CN(CCO)C(C)C)n1. The molecule has 0 aliphatic rings. The smallest absolute Gasteiger partial charge is 0.107 e. The summed E-state index contributed by atoms with van der Waals surface area (Å²) in [5.41, 5.74) is 1.08. The number of hydrogen-bond donors (Lipinski definition) is 1. The Hall–Kier alpha value is -0.450. The number of hydrogen-bond acceptors (Lipinski definition) is 4. The van der Waals surface area contributed by atoms with Gasteiger partial charge in [-0.05, 0) is 20.8 Å². The molecule has 80 valence electrons. The van der Waals surface area contributed by atoms with E-state index in [-0.39, 0.29) is 6.61 Å². The number of thiazole rings is 1. The molecule has 1 aromatic rings. The van der Waals surface area contributed by atoms with Crippen LogP contribution in [-0.2, 0) is 6.54 Å². The number of aliphatic hydroxyl groups excluding tert-OH is 1. The Kier molecular flexibility index (Phi) is 4.51. The molecule has 14 heavy (non-hydrogen) atoms. The van der Waals surface area contributed by atoms with Gasteiger partial charge in [0.1, 0.15) is 5.01 Å². The van der Waals surface area contributed by atoms with Crippen LogP contribution in [-0.4, -0.2) is 34.2 Å². The van der Waals surface area contributed by atoms with Crippen molar-refractivity contribution < 1.29 is 5.11 Å². The van der Waals surface area contributed by atoms with E-state index in [1.807, 2.05) is 6.92 Å². The van der Waals surface area contributed by atoms with Crippen molar-refractivity contribution in [3.63, 3.8) is 0 Å². The van der Waals surface area contributed by atoms with Crippen molar-refractivity contribution in [2.24, 2.45) is 0 Å². The number of aliphatic hydroxyl groups is 1. The van der Waals surface area contributed by atoms with Crippen LogP contribution in [0.25, 0.3) is 0 Å². The molecular weight excluding hydrogens is 196 g/mol. The molecule has 1 rings (SSSR count). The summed E-state index contributed by atoms with van der Waals surface area (Å²) in [7, 11) is 0. The van der Waals surface area contributed by atoms with Crippen LogP contribution in [0, 0.1) is 6.92 Å². The van der Waals surface area contributed by atoms with E-state index in [1.54, 1.807) is 11.3 Å². The van der Waals surface area contributed by atoms with Crippen LogP contribution in [0.4, 0.5) is 0 Å². The van der Waals surface area contributed by atoms with Gasteiger partial charge in [0, 0.05) is 23.7 Å². The number of aromatic nitrogens is 1.